The lowest BCUT2D eigenvalue weighted by Crippen LogP contribution is -2.40. The summed E-state index contributed by atoms with van der Waals surface area (Å²) in [6.07, 6.45) is 2.98. The molecule has 0 bridgehead atoms. The van der Waals surface area contributed by atoms with Crippen molar-refractivity contribution >= 4 is 29.1 Å². The van der Waals surface area contributed by atoms with E-state index in [1.807, 2.05) is 6.92 Å². The van der Waals surface area contributed by atoms with E-state index >= 15 is 0 Å². The summed E-state index contributed by atoms with van der Waals surface area (Å²) in [4.78, 5) is 43.8. The molecular weight excluding hydrogens is 606 g/mol. The average Bonchev–Trinajstić information content (AvgIpc) is 3.33. The van der Waals surface area contributed by atoms with Crippen LogP contribution >= 0.6 is 11.3 Å². The molecule has 0 spiro atoms. The van der Waals surface area contributed by atoms with Crippen LogP contribution in [0.4, 0.5) is 5.69 Å². The standard InChI is InChI=1S/C31H33N3O10S/c1-7-12-43-27-19(15-20(34(37)38)17-23(27)41-6)16-24-29(35)33-26(21-10-9-11-22(40-5)28(21)42-8-2)25(18(3)32-31(33)45-24)30(36)44-14-13-39-4/h7,9-11,15-17,26H,1,8,12-14H2,2-6H3/b24-16+/t26-/m0/s1. The number of carbonyl (C=O) groups is 1. The molecule has 0 radical (unpaired) electrons. The highest BCUT2D eigenvalue weighted by molar-refractivity contribution is 7.07. The number of hydrogen-bond acceptors (Lipinski definition) is 12. The number of nitro benzene ring substituents is 1. The van der Waals surface area contributed by atoms with Crippen LogP contribution in [0, 0.1) is 10.1 Å². The highest BCUT2D eigenvalue weighted by Gasteiger charge is 2.36. The molecule has 0 aliphatic carbocycles. The van der Waals surface area contributed by atoms with Gasteiger partial charge in [-0.1, -0.05) is 36.1 Å². The second kappa shape index (κ2) is 14.7. The van der Waals surface area contributed by atoms with Crippen molar-refractivity contribution in [3.63, 3.8) is 0 Å². The number of nitro groups is 1. The van der Waals surface area contributed by atoms with Gasteiger partial charge in [0.15, 0.2) is 27.8 Å². The van der Waals surface area contributed by atoms with Gasteiger partial charge in [0.25, 0.3) is 11.2 Å². The van der Waals surface area contributed by atoms with Gasteiger partial charge in [-0.15, -0.1) is 0 Å². The van der Waals surface area contributed by atoms with Gasteiger partial charge in [-0.2, -0.15) is 0 Å². The number of rotatable bonds is 14. The van der Waals surface area contributed by atoms with Gasteiger partial charge < -0.3 is 28.4 Å². The molecule has 0 saturated heterocycles. The van der Waals surface area contributed by atoms with Gasteiger partial charge in [-0.25, -0.2) is 9.79 Å². The highest BCUT2D eigenvalue weighted by atomic mass is 32.1. The Morgan fingerprint density at radius 2 is 1.89 bits per heavy atom. The minimum absolute atomic E-state index is 0.0121. The number of non-ortho nitro benzene ring substituents is 1. The first-order valence-corrected chi connectivity index (χ1v) is 14.6. The summed E-state index contributed by atoms with van der Waals surface area (Å²) in [5.74, 6) is 0.378. The maximum absolute atomic E-state index is 14.3. The molecule has 13 nitrogen and oxygen atoms in total. The zero-order valence-corrected chi connectivity index (χ0v) is 26.3. The van der Waals surface area contributed by atoms with Crippen LogP contribution in [0.1, 0.15) is 31.0 Å². The second-order valence-corrected chi connectivity index (χ2v) is 10.5. The summed E-state index contributed by atoms with van der Waals surface area (Å²) >= 11 is 1.05. The predicted molar refractivity (Wildman–Crippen MR) is 166 cm³/mol. The number of methoxy groups -OCH3 is 3. The van der Waals surface area contributed by atoms with Crippen molar-refractivity contribution in [1.82, 2.24) is 4.57 Å². The summed E-state index contributed by atoms with van der Waals surface area (Å²) in [6.45, 7) is 7.65. The van der Waals surface area contributed by atoms with Crippen molar-refractivity contribution in [1.29, 1.82) is 0 Å². The number of fused-ring (bicyclic) bond motifs is 1. The fraction of sp³-hybridized carbons (Fsp3) is 0.323. The topological polar surface area (TPSA) is 150 Å². The van der Waals surface area contributed by atoms with Crippen molar-refractivity contribution in [3.05, 3.63) is 95.2 Å². The molecule has 0 amide bonds. The molecule has 2 aromatic carbocycles. The van der Waals surface area contributed by atoms with E-state index in [0.29, 0.717) is 27.6 Å². The van der Waals surface area contributed by atoms with Crippen LogP contribution in [0.15, 0.2) is 64.0 Å². The zero-order valence-electron chi connectivity index (χ0n) is 25.5. The quantitative estimate of drug-likeness (QED) is 0.0845. The first kappa shape index (κ1) is 33.0. The fourth-order valence-electron chi connectivity index (χ4n) is 4.79. The summed E-state index contributed by atoms with van der Waals surface area (Å²) in [5.41, 5.74) is 0.409. The summed E-state index contributed by atoms with van der Waals surface area (Å²) in [7, 11) is 4.34. The van der Waals surface area contributed by atoms with E-state index in [4.69, 9.17) is 28.4 Å². The van der Waals surface area contributed by atoms with Crippen LogP contribution in [-0.4, -0.2) is 63.2 Å². The molecule has 1 aromatic heterocycles. The molecular formula is C31H33N3O10S. The minimum atomic E-state index is -1.01. The first-order valence-electron chi connectivity index (χ1n) is 13.8. The zero-order chi connectivity index (χ0) is 32.7. The summed E-state index contributed by atoms with van der Waals surface area (Å²) in [6, 6.07) is 6.70. The van der Waals surface area contributed by atoms with Gasteiger partial charge >= 0.3 is 5.97 Å². The largest absolute Gasteiger partial charge is 0.493 e. The molecule has 0 fully saturated rings. The van der Waals surface area contributed by atoms with E-state index in [1.165, 1.54) is 50.2 Å². The highest BCUT2D eigenvalue weighted by Crippen LogP contribution is 2.41. The first-order chi connectivity index (χ1) is 21.7. The smallest absolute Gasteiger partial charge is 0.338 e. The van der Waals surface area contributed by atoms with Crippen molar-refractivity contribution < 1.29 is 38.1 Å². The number of benzene rings is 2. The Kier molecular flexibility index (Phi) is 10.8. The van der Waals surface area contributed by atoms with E-state index in [1.54, 1.807) is 25.1 Å². The molecule has 1 atom stereocenters. The van der Waals surface area contributed by atoms with Gasteiger partial charge in [0.2, 0.25) is 0 Å². The molecule has 0 N–H and O–H groups in total. The molecule has 2 heterocycles. The number of para-hydroxylation sites is 1. The Bertz CT molecular complexity index is 1830. The lowest BCUT2D eigenvalue weighted by Gasteiger charge is -2.27. The number of ether oxygens (including phenoxy) is 6. The molecule has 1 aliphatic rings. The maximum Gasteiger partial charge on any atom is 0.338 e. The summed E-state index contributed by atoms with van der Waals surface area (Å²) in [5, 5.41) is 11.7. The lowest BCUT2D eigenvalue weighted by molar-refractivity contribution is -0.385. The van der Waals surface area contributed by atoms with Crippen LogP contribution < -0.4 is 33.8 Å². The Hall–Kier alpha value is -4.95. The molecule has 1 aliphatic heterocycles. The van der Waals surface area contributed by atoms with Crippen molar-refractivity contribution in [2.75, 3.05) is 47.8 Å². The number of carbonyl (C=O) groups excluding carboxylic acids is 1. The molecule has 0 unspecified atom stereocenters. The SMILES string of the molecule is C=CCOc1c(/C=c2/sc3n(c2=O)[C@@H](c2cccc(OC)c2OCC)C(C(=O)OCCOC)=C(C)N=3)cc([N+](=O)[O-])cc1OC. The number of aromatic nitrogens is 1. The van der Waals surface area contributed by atoms with E-state index < -0.39 is 22.5 Å². The van der Waals surface area contributed by atoms with Crippen LogP contribution in [0.2, 0.25) is 0 Å². The number of allylic oxidation sites excluding steroid dienone is 1. The Morgan fingerprint density at radius 3 is 2.53 bits per heavy atom. The number of nitrogens with zero attached hydrogens (tertiary/aromatic N) is 3. The van der Waals surface area contributed by atoms with E-state index in [-0.39, 0.29) is 59.3 Å². The molecule has 14 heteroatoms. The molecule has 3 aromatic rings. The summed E-state index contributed by atoms with van der Waals surface area (Å²) < 4.78 is 34.8. The average molecular weight is 640 g/mol. The van der Waals surface area contributed by atoms with Crippen LogP contribution in [-0.2, 0) is 14.3 Å². The van der Waals surface area contributed by atoms with Crippen LogP contribution in [0.5, 0.6) is 23.0 Å². The number of esters is 1. The van der Waals surface area contributed by atoms with Crippen molar-refractivity contribution in [2.45, 2.75) is 19.9 Å². The number of hydrogen-bond donors (Lipinski definition) is 0. The van der Waals surface area contributed by atoms with Crippen LogP contribution in [0.3, 0.4) is 0 Å². The predicted octanol–water partition coefficient (Wildman–Crippen LogP) is 3.31. The van der Waals surface area contributed by atoms with Gasteiger partial charge in [0, 0.05) is 24.3 Å². The normalized spacial score (nSPS) is 14.3. The third-order valence-electron chi connectivity index (χ3n) is 6.71. The van der Waals surface area contributed by atoms with Gasteiger partial charge in [0.05, 0.1) is 54.2 Å². The van der Waals surface area contributed by atoms with Gasteiger partial charge in [-0.05, 0) is 26.0 Å². The third kappa shape index (κ3) is 6.76. The van der Waals surface area contributed by atoms with Crippen LogP contribution in [0.25, 0.3) is 6.08 Å². The fourth-order valence-corrected chi connectivity index (χ4v) is 5.83. The van der Waals surface area contributed by atoms with E-state index in [0.717, 1.165) is 11.3 Å². The van der Waals surface area contributed by atoms with Crippen molar-refractivity contribution in [3.8, 4) is 23.0 Å². The molecule has 0 saturated carbocycles. The minimum Gasteiger partial charge on any atom is -0.493 e. The molecule has 45 heavy (non-hydrogen) atoms. The second-order valence-electron chi connectivity index (χ2n) is 9.45. The third-order valence-corrected chi connectivity index (χ3v) is 7.69. The number of thiazole rings is 1. The van der Waals surface area contributed by atoms with E-state index in [2.05, 4.69) is 11.6 Å². The van der Waals surface area contributed by atoms with Gasteiger partial charge in [-0.3, -0.25) is 19.5 Å². The van der Waals surface area contributed by atoms with Gasteiger partial charge in [0.1, 0.15) is 19.3 Å². The molecule has 238 valence electrons. The Morgan fingerprint density at radius 1 is 1.13 bits per heavy atom. The monoisotopic (exact) mass is 639 g/mol. The maximum atomic E-state index is 14.3. The Balaban J connectivity index is 2.03. The Labute approximate surface area is 262 Å². The molecule has 4 rings (SSSR count). The lowest BCUT2D eigenvalue weighted by atomic mass is 9.94. The van der Waals surface area contributed by atoms with E-state index in [9.17, 15) is 19.7 Å². The van der Waals surface area contributed by atoms with Crippen molar-refractivity contribution in [2.24, 2.45) is 4.99 Å².